The molecular weight excluding hydrogens is 274 g/mol. The molecule has 0 saturated carbocycles. The van der Waals surface area contributed by atoms with Gasteiger partial charge in [0.25, 0.3) is 0 Å². The first-order valence-electron chi connectivity index (χ1n) is 6.00. The molecule has 0 spiro atoms. The molecule has 1 aromatic carbocycles. The largest absolute Gasteiger partial charge is 0.480 e. The van der Waals surface area contributed by atoms with Crippen LogP contribution in [0.2, 0.25) is 0 Å². The minimum Gasteiger partial charge on any atom is -0.480 e. The Labute approximate surface area is 118 Å². The van der Waals surface area contributed by atoms with Crippen LogP contribution in [0, 0.1) is 0 Å². The quantitative estimate of drug-likeness (QED) is 0.771. The number of para-hydroxylation sites is 1. The van der Waals surface area contributed by atoms with Gasteiger partial charge in [-0.1, -0.05) is 18.2 Å². The summed E-state index contributed by atoms with van der Waals surface area (Å²) in [5.41, 5.74) is 0.791. The number of hydrogen-bond acceptors (Lipinski definition) is 5. The van der Waals surface area contributed by atoms with Crippen LogP contribution < -0.4 is 5.32 Å². The van der Waals surface area contributed by atoms with E-state index in [1.165, 1.54) is 0 Å². The number of carboxylic acids is 1. The summed E-state index contributed by atoms with van der Waals surface area (Å²) in [7, 11) is 0. The number of nitrogens with one attached hydrogen (secondary N) is 1. The van der Waals surface area contributed by atoms with Crippen LogP contribution in [-0.4, -0.2) is 27.6 Å². The molecule has 0 aliphatic carbocycles. The monoisotopic (exact) mass is 285 g/mol. The molecule has 0 amide bonds. The van der Waals surface area contributed by atoms with Gasteiger partial charge in [-0.2, -0.15) is 0 Å². The lowest BCUT2D eigenvalue weighted by Crippen LogP contribution is -2.14. The van der Waals surface area contributed by atoms with Crippen molar-refractivity contribution in [1.82, 2.24) is 9.97 Å². The van der Waals surface area contributed by atoms with Crippen molar-refractivity contribution >= 4 is 34.0 Å². The Morgan fingerprint density at radius 2 is 2.05 bits per heavy atom. The van der Waals surface area contributed by atoms with Crippen molar-refractivity contribution in [2.45, 2.75) is 0 Å². The van der Waals surface area contributed by atoms with Gasteiger partial charge in [-0.25, -0.2) is 9.97 Å². The second-order valence-corrected chi connectivity index (χ2v) is 5.09. The molecule has 0 atom stereocenters. The summed E-state index contributed by atoms with van der Waals surface area (Å²) in [6.45, 7) is -0.176. The maximum absolute atomic E-state index is 10.7. The first-order valence-corrected chi connectivity index (χ1v) is 6.88. The minimum atomic E-state index is -0.926. The number of hydrogen-bond donors (Lipinski definition) is 2. The number of carboxylic acid groups (broad SMARTS) is 1. The highest BCUT2D eigenvalue weighted by atomic mass is 32.1. The Balaban J connectivity index is 2.12. The van der Waals surface area contributed by atoms with Crippen LogP contribution in [0.5, 0.6) is 0 Å². The molecular formula is C14H11N3O2S. The van der Waals surface area contributed by atoms with Gasteiger partial charge in [0.05, 0.1) is 10.4 Å². The van der Waals surface area contributed by atoms with Crippen LogP contribution in [0.15, 0.2) is 41.8 Å². The number of aromatic nitrogens is 2. The lowest BCUT2D eigenvalue weighted by Gasteiger charge is -2.08. The van der Waals surface area contributed by atoms with E-state index in [0.29, 0.717) is 11.6 Å². The molecule has 0 bridgehead atoms. The van der Waals surface area contributed by atoms with E-state index in [-0.39, 0.29) is 6.54 Å². The maximum atomic E-state index is 10.7. The molecule has 2 aromatic heterocycles. The van der Waals surface area contributed by atoms with Crippen molar-refractivity contribution in [1.29, 1.82) is 0 Å². The Kier molecular flexibility index (Phi) is 3.30. The van der Waals surface area contributed by atoms with Gasteiger partial charge >= 0.3 is 5.97 Å². The van der Waals surface area contributed by atoms with Gasteiger partial charge in [-0.15, -0.1) is 11.3 Å². The van der Waals surface area contributed by atoms with Crippen molar-refractivity contribution in [2.75, 3.05) is 11.9 Å². The van der Waals surface area contributed by atoms with Gasteiger partial charge in [-0.05, 0) is 23.6 Å². The van der Waals surface area contributed by atoms with Crippen LogP contribution in [0.3, 0.4) is 0 Å². The molecule has 0 aliphatic rings. The summed E-state index contributed by atoms with van der Waals surface area (Å²) < 4.78 is 0. The van der Waals surface area contributed by atoms with E-state index < -0.39 is 5.97 Å². The van der Waals surface area contributed by atoms with Crippen LogP contribution in [0.1, 0.15) is 0 Å². The first-order chi connectivity index (χ1) is 9.74. The number of fused-ring (bicyclic) bond motifs is 1. The van der Waals surface area contributed by atoms with Gasteiger partial charge in [0, 0.05) is 5.39 Å². The Hall–Kier alpha value is -2.47. The summed E-state index contributed by atoms with van der Waals surface area (Å²) >= 11 is 1.55. The predicted molar refractivity (Wildman–Crippen MR) is 79.0 cm³/mol. The zero-order valence-corrected chi connectivity index (χ0v) is 11.2. The summed E-state index contributed by atoms with van der Waals surface area (Å²) in [6, 6.07) is 11.4. The van der Waals surface area contributed by atoms with E-state index in [9.17, 15) is 4.79 Å². The Morgan fingerprint density at radius 1 is 1.20 bits per heavy atom. The molecule has 0 fully saturated rings. The molecule has 3 aromatic rings. The van der Waals surface area contributed by atoms with Crippen LogP contribution in [0.25, 0.3) is 21.6 Å². The topological polar surface area (TPSA) is 75.1 Å². The van der Waals surface area contributed by atoms with E-state index in [1.807, 2.05) is 41.8 Å². The van der Waals surface area contributed by atoms with Gasteiger partial charge in [0.15, 0.2) is 5.82 Å². The summed E-state index contributed by atoms with van der Waals surface area (Å²) in [4.78, 5) is 20.6. The number of aliphatic carboxylic acids is 1. The summed E-state index contributed by atoms with van der Waals surface area (Å²) in [5.74, 6) is 0.221. The third kappa shape index (κ3) is 2.46. The Bertz CT molecular complexity index is 756. The molecule has 100 valence electrons. The second-order valence-electron chi connectivity index (χ2n) is 4.14. The maximum Gasteiger partial charge on any atom is 0.322 e. The average molecular weight is 285 g/mol. The number of carbonyl (C=O) groups is 1. The number of rotatable bonds is 4. The van der Waals surface area contributed by atoms with Gasteiger partial charge in [-0.3, -0.25) is 4.79 Å². The standard InChI is InChI=1S/C14H11N3O2S/c18-12(19)8-15-13-9-4-1-2-5-10(9)16-14(17-13)11-6-3-7-20-11/h1-7H,8H2,(H,18,19)(H,15,16,17). The fourth-order valence-corrected chi connectivity index (χ4v) is 2.54. The van der Waals surface area contributed by atoms with Crippen LogP contribution in [-0.2, 0) is 4.79 Å². The van der Waals surface area contributed by atoms with Crippen molar-refractivity contribution < 1.29 is 9.90 Å². The van der Waals surface area contributed by atoms with Crippen molar-refractivity contribution in [2.24, 2.45) is 0 Å². The molecule has 2 heterocycles. The van der Waals surface area contributed by atoms with E-state index in [1.54, 1.807) is 11.3 Å². The second kappa shape index (κ2) is 5.26. The first kappa shape index (κ1) is 12.6. The smallest absolute Gasteiger partial charge is 0.322 e. The molecule has 3 rings (SSSR count). The fraction of sp³-hybridized carbons (Fsp3) is 0.0714. The van der Waals surface area contributed by atoms with E-state index in [0.717, 1.165) is 15.8 Å². The number of thiophene rings is 1. The number of benzene rings is 1. The van der Waals surface area contributed by atoms with Gasteiger partial charge < -0.3 is 10.4 Å². The van der Waals surface area contributed by atoms with Crippen LogP contribution >= 0.6 is 11.3 Å². The minimum absolute atomic E-state index is 0.176. The van der Waals surface area contributed by atoms with E-state index in [2.05, 4.69) is 15.3 Å². The Morgan fingerprint density at radius 3 is 2.80 bits per heavy atom. The number of anilines is 1. The zero-order valence-electron chi connectivity index (χ0n) is 10.4. The number of nitrogens with zero attached hydrogens (tertiary/aromatic N) is 2. The lowest BCUT2D eigenvalue weighted by molar-refractivity contribution is -0.134. The van der Waals surface area contributed by atoms with E-state index in [4.69, 9.17) is 5.11 Å². The molecule has 0 radical (unpaired) electrons. The molecule has 0 aliphatic heterocycles. The van der Waals surface area contributed by atoms with Gasteiger partial charge in [0.2, 0.25) is 0 Å². The molecule has 0 saturated heterocycles. The SMILES string of the molecule is O=C(O)CNc1nc(-c2cccs2)nc2ccccc12. The van der Waals surface area contributed by atoms with Crippen molar-refractivity contribution in [3.05, 3.63) is 41.8 Å². The highest BCUT2D eigenvalue weighted by Gasteiger charge is 2.10. The highest BCUT2D eigenvalue weighted by Crippen LogP contribution is 2.27. The zero-order chi connectivity index (χ0) is 13.9. The lowest BCUT2D eigenvalue weighted by atomic mass is 10.2. The molecule has 20 heavy (non-hydrogen) atoms. The predicted octanol–water partition coefficient (Wildman–Crippen LogP) is 2.85. The summed E-state index contributed by atoms with van der Waals surface area (Å²) in [5, 5.41) is 14.4. The fourth-order valence-electron chi connectivity index (χ4n) is 1.89. The molecule has 0 unspecified atom stereocenters. The average Bonchev–Trinajstić information content (AvgIpc) is 2.98. The summed E-state index contributed by atoms with van der Waals surface area (Å²) in [6.07, 6.45) is 0. The third-order valence-electron chi connectivity index (χ3n) is 2.75. The molecule has 6 heteroatoms. The molecule has 2 N–H and O–H groups in total. The van der Waals surface area contributed by atoms with Crippen molar-refractivity contribution in [3.8, 4) is 10.7 Å². The van der Waals surface area contributed by atoms with Crippen LogP contribution in [0.4, 0.5) is 5.82 Å². The normalized spacial score (nSPS) is 10.6. The highest BCUT2D eigenvalue weighted by molar-refractivity contribution is 7.13. The van der Waals surface area contributed by atoms with Gasteiger partial charge in [0.1, 0.15) is 12.4 Å². The molecule has 5 nitrogen and oxygen atoms in total. The van der Waals surface area contributed by atoms with Crippen molar-refractivity contribution in [3.63, 3.8) is 0 Å². The van der Waals surface area contributed by atoms with E-state index >= 15 is 0 Å². The third-order valence-corrected chi connectivity index (χ3v) is 3.62.